The normalized spacial score (nSPS) is 36.4. The number of nitrogens with zero attached hydrogens (tertiary/aromatic N) is 1. The Morgan fingerprint density at radius 1 is 1.19 bits per heavy atom. The maximum absolute atomic E-state index is 13.7. The van der Waals surface area contributed by atoms with Crippen molar-refractivity contribution in [2.45, 2.75) is 101 Å². The number of amides is 2. The van der Waals surface area contributed by atoms with Gasteiger partial charge < -0.3 is 24.8 Å². The van der Waals surface area contributed by atoms with Gasteiger partial charge in [-0.3, -0.25) is 14.4 Å². The first-order chi connectivity index (χ1) is 15.4. The SMILES string of the molecule is CCOC(=O)[C@@H]1[C@H]2C(=O)N(CCCCO)C(C(=O)NC3CCCCC3)C23CC[C@@]1(CC)O3. The number of fused-ring (bicyclic) bond motifs is 1. The predicted molar refractivity (Wildman–Crippen MR) is 117 cm³/mol. The van der Waals surface area contributed by atoms with Crippen LogP contribution in [0, 0.1) is 11.8 Å². The Hall–Kier alpha value is -1.67. The molecule has 180 valence electrons. The fourth-order valence-electron chi connectivity index (χ4n) is 6.77. The highest BCUT2D eigenvalue weighted by Crippen LogP contribution is 2.64. The van der Waals surface area contributed by atoms with Gasteiger partial charge in [0, 0.05) is 19.2 Å². The molecule has 3 saturated heterocycles. The average molecular weight is 451 g/mol. The van der Waals surface area contributed by atoms with Crippen LogP contribution in [0.25, 0.3) is 0 Å². The number of unbranched alkanes of at least 4 members (excludes halogenated alkanes) is 1. The zero-order valence-corrected chi connectivity index (χ0v) is 19.4. The lowest BCUT2D eigenvalue weighted by Gasteiger charge is -2.35. The average Bonchev–Trinajstić information content (AvgIpc) is 3.39. The first-order valence-electron chi connectivity index (χ1n) is 12.5. The Balaban J connectivity index is 1.67. The van der Waals surface area contributed by atoms with Gasteiger partial charge in [-0.25, -0.2) is 0 Å². The molecule has 2 amide bonds. The van der Waals surface area contributed by atoms with Crippen LogP contribution in [0.15, 0.2) is 0 Å². The summed E-state index contributed by atoms with van der Waals surface area (Å²) < 4.78 is 12.0. The van der Waals surface area contributed by atoms with Gasteiger partial charge in [0.2, 0.25) is 11.8 Å². The predicted octanol–water partition coefficient (Wildman–Crippen LogP) is 1.93. The minimum atomic E-state index is -0.984. The highest BCUT2D eigenvalue weighted by molar-refractivity contribution is 5.98. The maximum Gasteiger partial charge on any atom is 0.312 e. The van der Waals surface area contributed by atoms with Crippen molar-refractivity contribution in [2.24, 2.45) is 11.8 Å². The lowest BCUT2D eigenvalue weighted by molar-refractivity contribution is -0.160. The molecule has 4 rings (SSSR count). The first kappa shape index (κ1) is 23.5. The summed E-state index contributed by atoms with van der Waals surface area (Å²) in [5.74, 6) is -2.10. The number of aliphatic hydroxyl groups is 1. The lowest BCUT2D eigenvalue weighted by atomic mass is 9.65. The Kier molecular flexibility index (Phi) is 6.82. The molecular formula is C24H38N2O6. The minimum absolute atomic E-state index is 0.0381. The van der Waals surface area contributed by atoms with Gasteiger partial charge in [-0.15, -0.1) is 0 Å². The van der Waals surface area contributed by atoms with Crippen LogP contribution in [-0.4, -0.2) is 70.8 Å². The molecule has 8 nitrogen and oxygen atoms in total. The fourth-order valence-corrected chi connectivity index (χ4v) is 6.77. The van der Waals surface area contributed by atoms with Crippen LogP contribution in [0.4, 0.5) is 0 Å². The van der Waals surface area contributed by atoms with Crippen LogP contribution in [-0.2, 0) is 23.9 Å². The van der Waals surface area contributed by atoms with E-state index in [1.54, 1.807) is 11.8 Å². The van der Waals surface area contributed by atoms with E-state index in [1.807, 2.05) is 6.92 Å². The summed E-state index contributed by atoms with van der Waals surface area (Å²) in [5.41, 5.74) is -1.73. The number of likely N-dealkylation sites (tertiary alicyclic amines) is 1. The molecule has 2 bridgehead atoms. The molecule has 1 spiro atoms. The summed E-state index contributed by atoms with van der Waals surface area (Å²) in [5, 5.41) is 12.4. The smallest absolute Gasteiger partial charge is 0.312 e. The monoisotopic (exact) mass is 450 g/mol. The summed E-state index contributed by atoms with van der Waals surface area (Å²) in [4.78, 5) is 42.1. The molecular weight excluding hydrogens is 412 g/mol. The number of esters is 1. The number of hydrogen-bond donors (Lipinski definition) is 2. The van der Waals surface area contributed by atoms with Gasteiger partial charge in [0.15, 0.2) is 0 Å². The standard InChI is InChI=1S/C24H38N2O6/c1-3-23-12-13-24(32-23)17(18(23)22(30)31-4-2)21(29)26(14-8-9-15-27)19(24)20(28)25-16-10-6-5-7-11-16/h16-19,27H,3-15H2,1-2H3,(H,25,28)/t17-,18-,19?,23+,24?/m0/s1. The van der Waals surface area contributed by atoms with Crippen molar-refractivity contribution in [2.75, 3.05) is 19.8 Å². The molecule has 1 aliphatic carbocycles. The van der Waals surface area contributed by atoms with Crippen molar-refractivity contribution in [1.29, 1.82) is 0 Å². The zero-order valence-electron chi connectivity index (χ0n) is 19.4. The number of carbonyl (C=O) groups excluding carboxylic acids is 3. The van der Waals surface area contributed by atoms with Gasteiger partial charge in [0.25, 0.3) is 0 Å². The second kappa shape index (κ2) is 9.29. The quantitative estimate of drug-likeness (QED) is 0.411. The Labute approximate surface area is 190 Å². The van der Waals surface area contributed by atoms with Gasteiger partial charge in [-0.1, -0.05) is 26.2 Å². The van der Waals surface area contributed by atoms with E-state index in [0.29, 0.717) is 38.6 Å². The molecule has 4 aliphatic rings. The molecule has 2 unspecified atom stereocenters. The lowest BCUT2D eigenvalue weighted by Crippen LogP contribution is -2.57. The second-order valence-corrected chi connectivity index (χ2v) is 9.89. The summed E-state index contributed by atoms with van der Waals surface area (Å²) >= 11 is 0. The third kappa shape index (κ3) is 3.63. The summed E-state index contributed by atoms with van der Waals surface area (Å²) in [6, 6.07) is -0.617. The van der Waals surface area contributed by atoms with E-state index in [1.165, 1.54) is 6.42 Å². The van der Waals surface area contributed by atoms with Crippen molar-refractivity contribution in [1.82, 2.24) is 10.2 Å². The van der Waals surface area contributed by atoms with Gasteiger partial charge in [0.05, 0.1) is 18.1 Å². The largest absolute Gasteiger partial charge is 0.466 e. The van der Waals surface area contributed by atoms with Gasteiger partial charge in [-0.05, 0) is 51.9 Å². The topological polar surface area (TPSA) is 105 Å². The summed E-state index contributed by atoms with van der Waals surface area (Å²) in [6.45, 7) is 4.40. The third-order valence-electron chi connectivity index (χ3n) is 8.23. The molecule has 3 aliphatic heterocycles. The highest BCUT2D eigenvalue weighted by Gasteiger charge is 2.78. The summed E-state index contributed by atoms with van der Waals surface area (Å²) in [7, 11) is 0. The zero-order chi connectivity index (χ0) is 22.9. The molecule has 2 N–H and O–H groups in total. The van der Waals surface area contributed by atoms with E-state index >= 15 is 0 Å². The third-order valence-corrected chi connectivity index (χ3v) is 8.23. The van der Waals surface area contributed by atoms with Crippen LogP contribution < -0.4 is 5.32 Å². The fraction of sp³-hybridized carbons (Fsp3) is 0.875. The number of aliphatic hydroxyl groups excluding tert-OH is 1. The number of ether oxygens (including phenoxy) is 2. The van der Waals surface area contributed by atoms with Gasteiger partial charge in [0.1, 0.15) is 17.6 Å². The van der Waals surface area contributed by atoms with Gasteiger partial charge >= 0.3 is 5.97 Å². The van der Waals surface area contributed by atoms with E-state index in [-0.39, 0.29) is 31.1 Å². The molecule has 8 heteroatoms. The summed E-state index contributed by atoms with van der Waals surface area (Å²) in [6.07, 6.45) is 8.30. The Morgan fingerprint density at radius 2 is 1.94 bits per heavy atom. The number of carbonyl (C=O) groups is 3. The van der Waals surface area contributed by atoms with E-state index in [2.05, 4.69) is 5.32 Å². The first-order valence-corrected chi connectivity index (χ1v) is 12.5. The molecule has 32 heavy (non-hydrogen) atoms. The van der Waals surface area contributed by atoms with E-state index < -0.39 is 35.0 Å². The Morgan fingerprint density at radius 3 is 2.59 bits per heavy atom. The highest BCUT2D eigenvalue weighted by atomic mass is 16.6. The van der Waals surface area contributed by atoms with E-state index in [9.17, 15) is 19.5 Å². The molecule has 3 heterocycles. The molecule has 0 aromatic heterocycles. The van der Waals surface area contributed by atoms with E-state index in [0.717, 1.165) is 25.7 Å². The van der Waals surface area contributed by atoms with Crippen LogP contribution >= 0.6 is 0 Å². The van der Waals surface area contributed by atoms with Crippen molar-refractivity contribution >= 4 is 17.8 Å². The van der Waals surface area contributed by atoms with E-state index in [4.69, 9.17) is 9.47 Å². The maximum atomic E-state index is 13.7. The van der Waals surface area contributed by atoms with Crippen molar-refractivity contribution in [3.8, 4) is 0 Å². The molecule has 4 fully saturated rings. The van der Waals surface area contributed by atoms with Crippen molar-refractivity contribution < 1.29 is 29.0 Å². The van der Waals surface area contributed by atoms with Crippen LogP contribution in [0.3, 0.4) is 0 Å². The molecule has 1 saturated carbocycles. The second-order valence-electron chi connectivity index (χ2n) is 9.89. The van der Waals surface area contributed by atoms with Crippen LogP contribution in [0.5, 0.6) is 0 Å². The molecule has 0 radical (unpaired) electrons. The number of nitrogens with one attached hydrogen (secondary N) is 1. The minimum Gasteiger partial charge on any atom is -0.466 e. The Bertz CT molecular complexity index is 738. The van der Waals surface area contributed by atoms with Crippen molar-refractivity contribution in [3.63, 3.8) is 0 Å². The molecule has 0 aromatic rings. The number of hydrogen-bond acceptors (Lipinski definition) is 6. The van der Waals surface area contributed by atoms with Gasteiger partial charge in [-0.2, -0.15) is 0 Å². The molecule has 0 aromatic carbocycles. The number of rotatable bonds is 9. The van der Waals surface area contributed by atoms with Crippen LogP contribution in [0.2, 0.25) is 0 Å². The van der Waals surface area contributed by atoms with Crippen molar-refractivity contribution in [3.05, 3.63) is 0 Å². The van der Waals surface area contributed by atoms with Crippen LogP contribution in [0.1, 0.15) is 78.1 Å². The molecule has 5 atom stereocenters.